The number of aliphatic hydroxyl groups excluding tert-OH is 1. The van der Waals surface area contributed by atoms with Crippen LogP contribution in [0.2, 0.25) is 0 Å². The van der Waals surface area contributed by atoms with E-state index in [1.165, 1.54) is 0 Å². The Balaban J connectivity index is -0.000000180. The normalized spacial score (nSPS) is 9.11. The summed E-state index contributed by atoms with van der Waals surface area (Å²) in [6, 6.07) is 0. The van der Waals surface area contributed by atoms with Crippen LogP contribution in [0.25, 0.3) is 0 Å². The van der Waals surface area contributed by atoms with E-state index in [0.717, 1.165) is 0 Å². The quantitative estimate of drug-likeness (QED) is 0.377. The molecule has 0 aromatic rings. The first-order valence-corrected chi connectivity index (χ1v) is 3.23. The summed E-state index contributed by atoms with van der Waals surface area (Å²) < 4.78 is 27.1. The van der Waals surface area contributed by atoms with Gasteiger partial charge in [0.2, 0.25) is 0 Å². The summed E-state index contributed by atoms with van der Waals surface area (Å²) in [6.07, 6.45) is 0. The van der Waals surface area contributed by atoms with E-state index in [4.69, 9.17) is 9.66 Å². The molecule has 0 atom stereocenters. The Morgan fingerprint density at radius 3 is 1.56 bits per heavy atom. The van der Waals surface area contributed by atoms with Crippen LogP contribution in [-0.2, 0) is 10.1 Å². The van der Waals surface area contributed by atoms with Crippen LogP contribution in [0.4, 0.5) is 0 Å². The summed E-state index contributed by atoms with van der Waals surface area (Å²) in [7, 11) is -3.92. The van der Waals surface area contributed by atoms with E-state index < -0.39 is 22.5 Å². The number of aliphatic hydroxyl groups is 1. The molecule has 0 heterocycles. The number of hydrogen-bond donors (Lipinski definition) is 2. The molecule has 4 nitrogen and oxygen atoms in total. The fraction of sp³-hybridized carbons (Fsp3) is 1.00. The predicted octanol–water partition coefficient (Wildman–Crippen LogP) is -1.90. The molecule has 0 amide bonds. The Kier molecular flexibility index (Phi) is 15.1. The first-order chi connectivity index (χ1) is 3.06. The molecule has 0 aromatic heterocycles. The molecule has 0 aliphatic rings. The van der Waals surface area contributed by atoms with Gasteiger partial charge in [-0.05, 0) is 0 Å². The molecule has 2 radical (unpaired) electrons. The SMILES string of the molecule is O=S(=O)(O)CCO.[Na].[Na]. The summed E-state index contributed by atoms with van der Waals surface area (Å²) in [6.45, 7) is -0.529. The summed E-state index contributed by atoms with van der Waals surface area (Å²) in [5.41, 5.74) is 0. The van der Waals surface area contributed by atoms with Crippen molar-refractivity contribution in [3.05, 3.63) is 0 Å². The van der Waals surface area contributed by atoms with Gasteiger partial charge in [-0.15, -0.1) is 0 Å². The van der Waals surface area contributed by atoms with Crippen LogP contribution < -0.4 is 0 Å². The molecule has 2 N–H and O–H groups in total. The third-order valence-corrected chi connectivity index (χ3v) is 1.05. The van der Waals surface area contributed by atoms with Crippen molar-refractivity contribution < 1.29 is 18.1 Å². The summed E-state index contributed by atoms with van der Waals surface area (Å²) >= 11 is 0. The molecule has 0 aliphatic carbocycles. The maximum absolute atomic E-state index is 9.63. The minimum absolute atomic E-state index is 0. The first-order valence-electron chi connectivity index (χ1n) is 1.62. The molecule has 0 aliphatic heterocycles. The molecule has 0 saturated heterocycles. The van der Waals surface area contributed by atoms with Gasteiger partial charge in [-0.25, -0.2) is 0 Å². The van der Waals surface area contributed by atoms with Gasteiger partial charge in [0.05, 0.1) is 12.4 Å². The summed E-state index contributed by atoms with van der Waals surface area (Å²) in [4.78, 5) is 0. The van der Waals surface area contributed by atoms with Crippen LogP contribution in [0.3, 0.4) is 0 Å². The fourth-order valence-electron chi connectivity index (χ4n) is 0.115. The Morgan fingerprint density at radius 2 is 1.56 bits per heavy atom. The van der Waals surface area contributed by atoms with Crippen molar-refractivity contribution in [3.8, 4) is 0 Å². The zero-order valence-electron chi connectivity index (χ0n) is 5.53. The van der Waals surface area contributed by atoms with Crippen molar-refractivity contribution in [2.45, 2.75) is 0 Å². The smallest absolute Gasteiger partial charge is 0.267 e. The third kappa shape index (κ3) is 17.7. The minimum Gasteiger partial charge on any atom is -0.395 e. The number of hydrogen-bond acceptors (Lipinski definition) is 3. The molecule has 0 rings (SSSR count). The molecular weight excluding hydrogens is 166 g/mol. The third-order valence-electron chi connectivity index (χ3n) is 0.349. The van der Waals surface area contributed by atoms with Crippen molar-refractivity contribution >= 4 is 69.2 Å². The predicted molar refractivity (Wildman–Crippen MR) is 35.0 cm³/mol. The monoisotopic (exact) mass is 172 g/mol. The summed E-state index contributed by atoms with van der Waals surface area (Å²) in [5.74, 6) is -0.576. The van der Waals surface area contributed by atoms with Crippen molar-refractivity contribution in [1.29, 1.82) is 0 Å². The van der Waals surface area contributed by atoms with Crippen LogP contribution in [0, 0.1) is 0 Å². The van der Waals surface area contributed by atoms with Gasteiger partial charge in [-0.1, -0.05) is 0 Å². The van der Waals surface area contributed by atoms with E-state index in [1.54, 1.807) is 0 Å². The molecule has 0 aromatic carbocycles. The molecular formula is C2H6Na2O4S. The van der Waals surface area contributed by atoms with Gasteiger partial charge in [0, 0.05) is 59.1 Å². The topological polar surface area (TPSA) is 74.6 Å². The average Bonchev–Trinajstić information content (AvgIpc) is 1.30. The molecule has 0 saturated carbocycles. The van der Waals surface area contributed by atoms with Crippen LogP contribution in [0.1, 0.15) is 0 Å². The van der Waals surface area contributed by atoms with Gasteiger partial charge >= 0.3 is 0 Å². The summed E-state index contributed by atoms with van der Waals surface area (Å²) in [5, 5.41) is 7.86. The van der Waals surface area contributed by atoms with E-state index in [2.05, 4.69) is 0 Å². The zero-order chi connectivity index (χ0) is 5.91. The second-order valence-corrected chi connectivity index (χ2v) is 2.58. The molecule has 46 valence electrons. The second kappa shape index (κ2) is 7.97. The van der Waals surface area contributed by atoms with Gasteiger partial charge in [-0.2, -0.15) is 8.42 Å². The Labute approximate surface area is 98.4 Å². The van der Waals surface area contributed by atoms with Gasteiger partial charge in [-0.3, -0.25) is 4.55 Å². The largest absolute Gasteiger partial charge is 0.395 e. The van der Waals surface area contributed by atoms with Gasteiger partial charge in [0.1, 0.15) is 0 Å². The van der Waals surface area contributed by atoms with E-state index in [0.29, 0.717) is 0 Å². The maximum atomic E-state index is 9.63. The Hall–Kier alpha value is 1.87. The van der Waals surface area contributed by atoms with Gasteiger partial charge in [0.15, 0.2) is 0 Å². The zero-order valence-corrected chi connectivity index (χ0v) is 10.3. The first kappa shape index (κ1) is 17.1. The second-order valence-electron chi connectivity index (χ2n) is 1.01. The van der Waals surface area contributed by atoms with Crippen LogP contribution in [0.15, 0.2) is 0 Å². The molecule has 0 spiro atoms. The van der Waals surface area contributed by atoms with E-state index in [9.17, 15) is 8.42 Å². The molecule has 0 fully saturated rings. The maximum Gasteiger partial charge on any atom is 0.267 e. The van der Waals surface area contributed by atoms with Crippen LogP contribution in [-0.4, -0.2) is 89.6 Å². The van der Waals surface area contributed by atoms with Crippen molar-refractivity contribution in [2.75, 3.05) is 12.4 Å². The van der Waals surface area contributed by atoms with Crippen molar-refractivity contribution in [1.82, 2.24) is 0 Å². The Bertz CT molecular complexity index is 130. The molecule has 9 heavy (non-hydrogen) atoms. The molecule has 0 bridgehead atoms. The average molecular weight is 172 g/mol. The van der Waals surface area contributed by atoms with E-state index >= 15 is 0 Å². The van der Waals surface area contributed by atoms with Crippen molar-refractivity contribution in [3.63, 3.8) is 0 Å². The van der Waals surface area contributed by atoms with Gasteiger partial charge in [0.25, 0.3) is 10.1 Å². The van der Waals surface area contributed by atoms with Crippen molar-refractivity contribution in [2.24, 2.45) is 0 Å². The fourth-order valence-corrected chi connectivity index (χ4v) is 0.346. The van der Waals surface area contributed by atoms with Gasteiger partial charge < -0.3 is 5.11 Å². The molecule has 0 unspecified atom stereocenters. The molecule has 7 heteroatoms. The van der Waals surface area contributed by atoms with E-state index in [1.807, 2.05) is 0 Å². The number of rotatable bonds is 2. The van der Waals surface area contributed by atoms with Crippen LogP contribution >= 0.6 is 0 Å². The Morgan fingerprint density at radius 1 is 1.22 bits per heavy atom. The van der Waals surface area contributed by atoms with Crippen LogP contribution in [0.5, 0.6) is 0 Å². The minimum atomic E-state index is -3.92. The standard InChI is InChI=1S/C2H6O4S.2Na/c3-1-2-7(4,5)6;;/h3H,1-2H2,(H,4,5,6);;. The van der Waals surface area contributed by atoms with E-state index in [-0.39, 0.29) is 59.1 Å².